The summed E-state index contributed by atoms with van der Waals surface area (Å²) in [4.78, 5) is 11.5. The van der Waals surface area contributed by atoms with Crippen molar-refractivity contribution < 1.29 is 4.79 Å². The number of carbonyl (C=O) groups excluding carboxylic acids is 1. The maximum absolute atomic E-state index is 11.5. The third-order valence-corrected chi connectivity index (χ3v) is 6.04. The molecule has 7 unspecified atom stereocenters. The van der Waals surface area contributed by atoms with Crippen molar-refractivity contribution in [2.24, 2.45) is 35.5 Å². The van der Waals surface area contributed by atoms with Gasteiger partial charge in [0, 0.05) is 6.04 Å². The summed E-state index contributed by atoms with van der Waals surface area (Å²) in [6.45, 7) is 8.34. The molecule has 2 nitrogen and oxygen atoms in total. The van der Waals surface area contributed by atoms with Gasteiger partial charge >= 0.3 is 0 Å². The molecule has 0 aliphatic heterocycles. The average Bonchev–Trinajstić information content (AvgIpc) is 3.00. The van der Waals surface area contributed by atoms with Gasteiger partial charge in [0.05, 0.1) is 0 Å². The highest BCUT2D eigenvalue weighted by molar-refractivity contribution is 5.87. The standard InChI is InChI=1S/C16H25NO/c1-4-10-6-9(3)15-12-7-11(16(10)15)8-13(12)17-14(18)5-2/h5,9-13,15-16H,2,4,6-8H2,1,3H3,(H,17,18). The van der Waals surface area contributed by atoms with Gasteiger partial charge in [-0.1, -0.05) is 26.8 Å². The molecule has 1 N–H and O–H groups in total. The highest BCUT2D eigenvalue weighted by Crippen LogP contribution is 2.63. The normalized spacial score (nSPS) is 49.1. The molecule has 0 heterocycles. The van der Waals surface area contributed by atoms with E-state index in [0.717, 1.165) is 35.5 Å². The lowest BCUT2D eigenvalue weighted by atomic mass is 9.73. The second kappa shape index (κ2) is 4.40. The Kier molecular flexibility index (Phi) is 2.99. The minimum atomic E-state index is 0.0155. The summed E-state index contributed by atoms with van der Waals surface area (Å²) in [6, 6.07) is 0.430. The Bertz CT molecular complexity index is 364. The van der Waals surface area contributed by atoms with Crippen molar-refractivity contribution in [2.75, 3.05) is 0 Å². The van der Waals surface area contributed by atoms with Crippen LogP contribution < -0.4 is 5.32 Å². The van der Waals surface area contributed by atoms with Gasteiger partial charge in [-0.05, 0) is 60.8 Å². The zero-order valence-corrected chi connectivity index (χ0v) is 11.6. The first kappa shape index (κ1) is 12.3. The Balaban J connectivity index is 1.75. The molecule has 18 heavy (non-hydrogen) atoms. The molecule has 2 heteroatoms. The number of fused-ring (bicyclic) bond motifs is 5. The summed E-state index contributed by atoms with van der Waals surface area (Å²) in [7, 11) is 0. The lowest BCUT2D eigenvalue weighted by Crippen LogP contribution is -2.43. The fourth-order valence-electron chi connectivity index (χ4n) is 5.59. The van der Waals surface area contributed by atoms with Gasteiger partial charge < -0.3 is 5.32 Å². The van der Waals surface area contributed by atoms with Crippen LogP contribution in [0.25, 0.3) is 0 Å². The molecule has 3 aliphatic rings. The lowest BCUT2D eigenvalue weighted by molar-refractivity contribution is -0.117. The summed E-state index contributed by atoms with van der Waals surface area (Å²) in [5, 5.41) is 3.17. The number of hydrogen-bond donors (Lipinski definition) is 1. The van der Waals surface area contributed by atoms with Crippen LogP contribution in [-0.4, -0.2) is 11.9 Å². The SMILES string of the molecule is C=CC(=O)NC1CC2CC1C1C(C)CC(CC)C21. The van der Waals surface area contributed by atoms with Crippen LogP contribution >= 0.6 is 0 Å². The van der Waals surface area contributed by atoms with Gasteiger partial charge in [-0.15, -0.1) is 0 Å². The van der Waals surface area contributed by atoms with E-state index in [9.17, 15) is 4.79 Å². The Morgan fingerprint density at radius 1 is 1.33 bits per heavy atom. The molecule has 3 aliphatic carbocycles. The van der Waals surface area contributed by atoms with E-state index in [0.29, 0.717) is 6.04 Å². The van der Waals surface area contributed by atoms with E-state index in [-0.39, 0.29) is 5.91 Å². The quantitative estimate of drug-likeness (QED) is 0.763. The summed E-state index contributed by atoms with van der Waals surface area (Å²) in [5.41, 5.74) is 0. The second-order valence-corrected chi connectivity index (χ2v) is 6.75. The molecule has 0 aromatic rings. The van der Waals surface area contributed by atoms with Crippen LogP contribution in [-0.2, 0) is 4.79 Å². The molecule has 0 saturated heterocycles. The van der Waals surface area contributed by atoms with Gasteiger partial charge in [0.1, 0.15) is 0 Å². The first-order valence-corrected chi connectivity index (χ1v) is 7.58. The summed E-state index contributed by atoms with van der Waals surface area (Å²) in [6.07, 6.45) is 6.75. The van der Waals surface area contributed by atoms with Gasteiger partial charge in [-0.3, -0.25) is 4.79 Å². The van der Waals surface area contributed by atoms with Gasteiger partial charge in [-0.25, -0.2) is 0 Å². The maximum Gasteiger partial charge on any atom is 0.243 e. The molecule has 0 aromatic heterocycles. The fraction of sp³-hybridized carbons (Fsp3) is 0.812. The van der Waals surface area contributed by atoms with Crippen molar-refractivity contribution in [3.63, 3.8) is 0 Å². The molecule has 100 valence electrons. The second-order valence-electron chi connectivity index (χ2n) is 6.75. The monoisotopic (exact) mass is 247 g/mol. The van der Waals surface area contributed by atoms with Crippen LogP contribution in [0.15, 0.2) is 12.7 Å². The molecule has 3 fully saturated rings. The van der Waals surface area contributed by atoms with Crippen LogP contribution in [0.1, 0.15) is 39.5 Å². The van der Waals surface area contributed by atoms with Crippen LogP contribution in [0.3, 0.4) is 0 Å². The van der Waals surface area contributed by atoms with Crippen LogP contribution in [0, 0.1) is 35.5 Å². The van der Waals surface area contributed by atoms with Gasteiger partial charge in [0.25, 0.3) is 0 Å². The largest absolute Gasteiger partial charge is 0.350 e. The summed E-state index contributed by atoms with van der Waals surface area (Å²) in [5.74, 6) is 5.30. The van der Waals surface area contributed by atoms with Gasteiger partial charge in [-0.2, -0.15) is 0 Å². The molecule has 0 spiro atoms. The van der Waals surface area contributed by atoms with E-state index in [2.05, 4.69) is 25.7 Å². The van der Waals surface area contributed by atoms with E-state index >= 15 is 0 Å². The minimum absolute atomic E-state index is 0.0155. The van der Waals surface area contributed by atoms with Gasteiger partial charge in [0.2, 0.25) is 5.91 Å². The minimum Gasteiger partial charge on any atom is -0.350 e. The zero-order valence-electron chi connectivity index (χ0n) is 11.6. The van der Waals surface area contributed by atoms with Crippen molar-refractivity contribution in [1.29, 1.82) is 0 Å². The highest BCUT2D eigenvalue weighted by Gasteiger charge is 2.59. The van der Waals surface area contributed by atoms with Crippen molar-refractivity contribution >= 4 is 5.91 Å². The zero-order chi connectivity index (χ0) is 12.9. The van der Waals surface area contributed by atoms with E-state index in [1.54, 1.807) is 0 Å². The third-order valence-electron chi connectivity index (χ3n) is 6.04. The van der Waals surface area contributed by atoms with Crippen molar-refractivity contribution in [1.82, 2.24) is 5.32 Å². The number of amides is 1. The lowest BCUT2D eigenvalue weighted by Gasteiger charge is -2.35. The first-order chi connectivity index (χ1) is 8.65. The predicted molar refractivity (Wildman–Crippen MR) is 72.9 cm³/mol. The van der Waals surface area contributed by atoms with Crippen molar-refractivity contribution in [2.45, 2.75) is 45.6 Å². The van der Waals surface area contributed by atoms with E-state index < -0.39 is 0 Å². The first-order valence-electron chi connectivity index (χ1n) is 7.58. The molecule has 0 aromatic carbocycles. The molecule has 3 saturated carbocycles. The van der Waals surface area contributed by atoms with E-state index in [1.165, 1.54) is 31.8 Å². The Morgan fingerprint density at radius 3 is 2.78 bits per heavy atom. The maximum atomic E-state index is 11.5. The smallest absolute Gasteiger partial charge is 0.243 e. The summed E-state index contributed by atoms with van der Waals surface area (Å²) < 4.78 is 0. The topological polar surface area (TPSA) is 29.1 Å². The van der Waals surface area contributed by atoms with Crippen molar-refractivity contribution in [3.8, 4) is 0 Å². The Labute approximate surface area is 110 Å². The average molecular weight is 247 g/mol. The number of nitrogens with one attached hydrogen (secondary N) is 1. The van der Waals surface area contributed by atoms with E-state index in [4.69, 9.17) is 0 Å². The third kappa shape index (κ3) is 1.64. The molecule has 0 radical (unpaired) electrons. The molecular formula is C16H25NO. The van der Waals surface area contributed by atoms with Crippen LogP contribution in [0.4, 0.5) is 0 Å². The van der Waals surface area contributed by atoms with Crippen LogP contribution in [0.5, 0.6) is 0 Å². The molecule has 3 rings (SSSR count). The Hall–Kier alpha value is -0.790. The molecule has 7 atom stereocenters. The van der Waals surface area contributed by atoms with Gasteiger partial charge in [0.15, 0.2) is 0 Å². The molecule has 2 bridgehead atoms. The fourth-order valence-corrected chi connectivity index (χ4v) is 5.59. The van der Waals surface area contributed by atoms with E-state index in [1.807, 2.05) is 0 Å². The predicted octanol–water partition coefficient (Wildman–Crippen LogP) is 3.00. The molecule has 1 amide bonds. The summed E-state index contributed by atoms with van der Waals surface area (Å²) >= 11 is 0. The number of carbonyl (C=O) groups is 1. The number of hydrogen-bond acceptors (Lipinski definition) is 1. The highest BCUT2D eigenvalue weighted by atomic mass is 16.1. The molecular weight excluding hydrogens is 222 g/mol. The Morgan fingerprint density at radius 2 is 2.11 bits per heavy atom. The van der Waals surface area contributed by atoms with Crippen LogP contribution in [0.2, 0.25) is 0 Å². The van der Waals surface area contributed by atoms with Crippen molar-refractivity contribution in [3.05, 3.63) is 12.7 Å². The number of rotatable bonds is 3.